The minimum Gasteiger partial charge on any atom is -0.387 e. The van der Waals surface area contributed by atoms with Crippen molar-refractivity contribution in [3.8, 4) is 0 Å². The van der Waals surface area contributed by atoms with E-state index in [-0.39, 0.29) is 0 Å². The normalized spacial score (nSPS) is 29.8. The fourth-order valence-electron chi connectivity index (χ4n) is 1.90. The van der Waals surface area contributed by atoms with Crippen LogP contribution < -0.4 is 11.2 Å². The van der Waals surface area contributed by atoms with Gasteiger partial charge in [0.15, 0.2) is 6.23 Å². The third-order valence-electron chi connectivity index (χ3n) is 2.87. The van der Waals surface area contributed by atoms with Gasteiger partial charge in [0.25, 0.3) is 5.56 Å². The second-order valence-electron chi connectivity index (χ2n) is 4.37. The van der Waals surface area contributed by atoms with Gasteiger partial charge >= 0.3 is 13.9 Å². The Labute approximate surface area is 117 Å². The molecule has 2 heterocycles. The largest absolute Gasteiger partial charge is 0.567 e. The summed E-state index contributed by atoms with van der Waals surface area (Å²) < 4.78 is 10.3. The summed E-state index contributed by atoms with van der Waals surface area (Å²) in [4.78, 5) is 50.6. The molecule has 2 rings (SSSR count). The average Bonchev–Trinajstić information content (AvgIpc) is 2.64. The maximum absolute atomic E-state index is 11.6. The third-order valence-corrected chi connectivity index (χ3v) is 3.37. The van der Waals surface area contributed by atoms with Crippen LogP contribution in [0, 0.1) is 0 Å². The van der Waals surface area contributed by atoms with Crippen molar-refractivity contribution >= 4 is 8.17 Å². The van der Waals surface area contributed by atoms with Crippen LogP contribution in [0.25, 0.3) is 0 Å². The molecule has 0 spiro atoms. The summed E-state index contributed by atoms with van der Waals surface area (Å²) in [6, 6.07) is 1.03. The van der Waals surface area contributed by atoms with Gasteiger partial charge in [0, 0.05) is 12.3 Å². The number of aromatic amines is 1. The van der Waals surface area contributed by atoms with Gasteiger partial charge in [-0.3, -0.25) is 14.3 Å². The van der Waals surface area contributed by atoms with E-state index in [0.29, 0.717) is 0 Å². The third kappa shape index (κ3) is 3.73. The van der Waals surface area contributed by atoms with E-state index in [1.165, 1.54) is 0 Å². The molecule has 1 aliphatic heterocycles. The van der Waals surface area contributed by atoms with Gasteiger partial charge in [0.05, 0.1) is 0 Å². The number of rotatable bonds is 4. The molecule has 0 saturated carbocycles. The van der Waals surface area contributed by atoms with E-state index in [1.54, 1.807) is 0 Å². The summed E-state index contributed by atoms with van der Waals surface area (Å²) in [5, 5.41) is 19.6. The number of H-pyrrole nitrogens is 1. The first-order valence-electron chi connectivity index (χ1n) is 5.74. The molecule has 0 amide bonds. The van der Waals surface area contributed by atoms with Gasteiger partial charge in [-0.05, 0) is 0 Å². The van der Waals surface area contributed by atoms with Crippen molar-refractivity contribution in [1.29, 1.82) is 0 Å². The lowest BCUT2D eigenvalue weighted by atomic mass is 10.1. The van der Waals surface area contributed by atoms with Crippen LogP contribution in [0.3, 0.4) is 0 Å². The zero-order chi connectivity index (χ0) is 15.8. The van der Waals surface area contributed by atoms with Crippen molar-refractivity contribution in [3.05, 3.63) is 33.1 Å². The molecule has 0 bridgehead atoms. The zero-order valence-corrected chi connectivity index (χ0v) is 11.3. The van der Waals surface area contributed by atoms with Gasteiger partial charge in [-0.1, -0.05) is 0 Å². The molecular formula is C9H14N2O9P+. The fraction of sp³-hybridized carbons (Fsp3) is 0.556. The number of aliphatic hydroxyl groups is 2. The maximum atomic E-state index is 11.6. The summed E-state index contributed by atoms with van der Waals surface area (Å²) in [6.45, 7) is -0.621. The summed E-state index contributed by atoms with van der Waals surface area (Å²) in [6.07, 6.45) is -4.46. The molecule has 12 heteroatoms. The summed E-state index contributed by atoms with van der Waals surface area (Å²) >= 11 is 0. The molecule has 6 N–H and O–H groups in total. The Morgan fingerprint density at radius 3 is 2.52 bits per heavy atom. The molecule has 4 atom stereocenters. The Morgan fingerprint density at radius 2 is 1.95 bits per heavy atom. The molecule has 0 aliphatic carbocycles. The average molecular weight is 325 g/mol. The molecule has 0 radical (unpaired) electrons. The van der Waals surface area contributed by atoms with Gasteiger partial charge in [0.2, 0.25) is 0 Å². The van der Waals surface area contributed by atoms with Crippen molar-refractivity contribution in [2.24, 2.45) is 0 Å². The number of hydrogen-bond acceptors (Lipinski definition) is 9. The van der Waals surface area contributed by atoms with Crippen LogP contribution >= 0.6 is 8.17 Å². The molecule has 1 aliphatic rings. The lowest BCUT2D eigenvalue weighted by Gasteiger charge is -2.16. The minimum atomic E-state index is -4.51. The van der Waals surface area contributed by atoms with E-state index >= 15 is 0 Å². The van der Waals surface area contributed by atoms with Gasteiger partial charge in [-0.25, -0.2) is 4.79 Å². The first kappa shape index (κ1) is 16.2. The van der Waals surface area contributed by atoms with Crippen LogP contribution in [-0.2, 0) is 9.26 Å². The Hall–Kier alpha value is -1.17. The van der Waals surface area contributed by atoms with Crippen LogP contribution in [0.5, 0.6) is 0 Å². The first-order chi connectivity index (χ1) is 9.69. The summed E-state index contributed by atoms with van der Waals surface area (Å²) in [5.74, 6) is 0. The molecule has 1 fully saturated rings. The lowest BCUT2D eigenvalue weighted by molar-refractivity contribution is -0.0560. The minimum absolute atomic E-state index is 0.621. The number of hydrogen-bond donors (Lipinski definition) is 6. The van der Waals surface area contributed by atoms with E-state index in [4.69, 9.17) is 19.4 Å². The topological polar surface area (TPSA) is 174 Å². The monoisotopic (exact) mass is 325 g/mol. The van der Waals surface area contributed by atoms with E-state index in [1.807, 2.05) is 4.98 Å². The smallest absolute Gasteiger partial charge is 0.387 e. The van der Waals surface area contributed by atoms with Gasteiger partial charge in [-0.15, -0.1) is 0 Å². The van der Waals surface area contributed by atoms with E-state index in [0.717, 1.165) is 16.8 Å². The molecule has 0 unspecified atom stereocenters. The second kappa shape index (κ2) is 5.91. The molecule has 1 aromatic rings. The Balaban J connectivity index is 2.16. The predicted octanol–water partition coefficient (Wildman–Crippen LogP) is -3.17. The van der Waals surface area contributed by atoms with Crippen molar-refractivity contribution in [1.82, 2.24) is 9.55 Å². The second-order valence-corrected chi connectivity index (χ2v) is 5.66. The standard InChI is InChI=1S/C9H13N2O9P/c12-5-1-2-11(9(15)10-5)8-7(14)6(13)4(20-8)3-19-21(16,17)18/h1-2,4,6-8,13-14,16-18H,3H2/p+1/t4-,6-,7-,8-/m1/s1. The van der Waals surface area contributed by atoms with Crippen molar-refractivity contribution in [2.75, 3.05) is 6.61 Å². The number of aromatic nitrogens is 2. The highest BCUT2D eigenvalue weighted by atomic mass is 31.2. The highest BCUT2D eigenvalue weighted by Crippen LogP contribution is 2.46. The lowest BCUT2D eigenvalue weighted by Crippen LogP contribution is -2.37. The molecule has 0 aromatic carbocycles. The fourth-order valence-corrected chi connectivity index (χ4v) is 2.24. The van der Waals surface area contributed by atoms with Crippen molar-refractivity contribution in [3.63, 3.8) is 0 Å². The van der Waals surface area contributed by atoms with E-state index in [9.17, 15) is 19.8 Å². The van der Waals surface area contributed by atoms with Crippen molar-refractivity contribution in [2.45, 2.75) is 24.5 Å². The molecule has 21 heavy (non-hydrogen) atoms. The molecule has 11 nitrogen and oxygen atoms in total. The number of nitrogens with one attached hydrogen (secondary N) is 1. The molecule has 1 saturated heterocycles. The SMILES string of the molecule is O=c1ccn([C@@H]2O[C@H](CO[P+](O)(O)O)[C@@H](O)[C@H]2O)c(=O)[nH]1. The maximum Gasteiger partial charge on any atom is 0.567 e. The number of nitrogens with zero attached hydrogens (tertiary/aromatic N) is 1. The van der Waals surface area contributed by atoms with E-state index in [2.05, 4.69) is 4.52 Å². The Kier molecular flexibility index (Phi) is 4.56. The zero-order valence-electron chi connectivity index (χ0n) is 10.4. The van der Waals surface area contributed by atoms with Gasteiger partial charge in [0.1, 0.15) is 24.9 Å². The van der Waals surface area contributed by atoms with Crippen LogP contribution in [0.1, 0.15) is 6.23 Å². The number of aliphatic hydroxyl groups excluding tert-OH is 2. The summed E-state index contributed by atoms with van der Waals surface area (Å²) in [5.41, 5.74) is -1.49. The molecule has 118 valence electrons. The summed E-state index contributed by atoms with van der Waals surface area (Å²) in [7, 11) is -4.51. The Bertz CT molecular complexity index is 608. The predicted molar refractivity (Wildman–Crippen MR) is 66.8 cm³/mol. The van der Waals surface area contributed by atoms with Crippen molar-refractivity contribution < 1.29 is 34.2 Å². The number of ether oxygens (including phenoxy) is 1. The Morgan fingerprint density at radius 1 is 1.29 bits per heavy atom. The van der Waals surface area contributed by atoms with Crippen LogP contribution in [-0.4, -0.2) is 59.4 Å². The molecule has 1 aromatic heterocycles. The first-order valence-corrected chi connectivity index (χ1v) is 7.30. The quantitative estimate of drug-likeness (QED) is 0.312. The van der Waals surface area contributed by atoms with E-state index < -0.39 is 50.6 Å². The van der Waals surface area contributed by atoms with Gasteiger partial charge < -0.3 is 14.9 Å². The van der Waals surface area contributed by atoms with Crippen LogP contribution in [0.15, 0.2) is 21.9 Å². The van der Waals surface area contributed by atoms with Crippen LogP contribution in [0.2, 0.25) is 0 Å². The van der Waals surface area contributed by atoms with Gasteiger partial charge in [-0.2, -0.15) is 19.2 Å². The molecular weight excluding hydrogens is 311 g/mol. The highest BCUT2D eigenvalue weighted by Gasteiger charge is 2.46. The van der Waals surface area contributed by atoms with Crippen LogP contribution in [0.4, 0.5) is 0 Å². The highest BCUT2D eigenvalue weighted by molar-refractivity contribution is 7.53.